The van der Waals surface area contributed by atoms with E-state index in [9.17, 15) is 9.59 Å². The van der Waals surface area contributed by atoms with Crippen molar-refractivity contribution in [3.63, 3.8) is 0 Å². The van der Waals surface area contributed by atoms with Crippen LogP contribution in [-0.4, -0.2) is 28.9 Å². The number of amides is 1. The summed E-state index contributed by atoms with van der Waals surface area (Å²) < 4.78 is 0. The third kappa shape index (κ3) is 1.82. The monoisotopic (exact) mass is 239 g/mol. The smallest absolute Gasteiger partial charge is 0.319 e. The quantitative estimate of drug-likeness (QED) is 0.811. The van der Waals surface area contributed by atoms with Crippen molar-refractivity contribution in [2.24, 2.45) is 5.41 Å². The first-order chi connectivity index (χ1) is 7.56. The number of thiophene rings is 1. The van der Waals surface area contributed by atoms with E-state index in [-0.39, 0.29) is 5.91 Å². The molecule has 16 heavy (non-hydrogen) atoms. The molecule has 0 atom stereocenters. The standard InChI is InChI=1S/C11H13NO3S/c1-12(7-8-3-2-6-16-8)9(13)11(4-5-11)10(14)15/h2-3,6H,4-5,7H2,1H3,(H,14,15). The van der Waals surface area contributed by atoms with Crippen LogP contribution in [0.15, 0.2) is 17.5 Å². The molecular weight excluding hydrogens is 226 g/mol. The number of carboxylic acids is 1. The summed E-state index contributed by atoms with van der Waals surface area (Å²) in [6.07, 6.45) is 0.936. The third-order valence-corrected chi connectivity index (χ3v) is 3.75. The molecule has 4 nitrogen and oxygen atoms in total. The fourth-order valence-electron chi connectivity index (χ4n) is 1.72. The van der Waals surface area contributed by atoms with Gasteiger partial charge in [-0.05, 0) is 24.3 Å². The predicted molar refractivity (Wildman–Crippen MR) is 60.1 cm³/mol. The van der Waals surface area contributed by atoms with Crippen molar-refractivity contribution in [2.45, 2.75) is 19.4 Å². The van der Waals surface area contributed by atoms with Gasteiger partial charge in [-0.3, -0.25) is 9.59 Å². The summed E-state index contributed by atoms with van der Waals surface area (Å²) in [5.41, 5.74) is -1.12. The summed E-state index contributed by atoms with van der Waals surface area (Å²) in [6, 6.07) is 3.86. The summed E-state index contributed by atoms with van der Waals surface area (Å²) in [7, 11) is 1.66. The van der Waals surface area contributed by atoms with Gasteiger partial charge in [0.2, 0.25) is 5.91 Å². The van der Waals surface area contributed by atoms with Crippen molar-refractivity contribution in [2.75, 3.05) is 7.05 Å². The molecule has 0 aromatic carbocycles. The first-order valence-corrected chi connectivity index (χ1v) is 5.95. The highest BCUT2D eigenvalue weighted by Gasteiger charge is 2.58. The minimum absolute atomic E-state index is 0.270. The maximum atomic E-state index is 11.9. The van der Waals surface area contributed by atoms with Gasteiger partial charge in [0, 0.05) is 11.9 Å². The van der Waals surface area contributed by atoms with Gasteiger partial charge < -0.3 is 10.0 Å². The molecule has 1 aromatic heterocycles. The first kappa shape index (κ1) is 11.1. The zero-order valence-corrected chi connectivity index (χ0v) is 9.79. The van der Waals surface area contributed by atoms with E-state index in [2.05, 4.69) is 0 Å². The molecule has 1 amide bonds. The largest absolute Gasteiger partial charge is 0.480 e. The molecule has 0 spiro atoms. The Bertz CT molecular complexity index is 409. The Morgan fingerprint density at radius 3 is 2.69 bits per heavy atom. The molecule has 1 N–H and O–H groups in total. The second kappa shape index (κ2) is 3.90. The Labute approximate surface area is 97.5 Å². The van der Waals surface area contributed by atoms with E-state index in [0.717, 1.165) is 4.88 Å². The van der Waals surface area contributed by atoms with Crippen molar-refractivity contribution in [1.82, 2.24) is 4.90 Å². The highest BCUT2D eigenvalue weighted by atomic mass is 32.1. The van der Waals surface area contributed by atoms with Crippen LogP contribution >= 0.6 is 11.3 Å². The van der Waals surface area contributed by atoms with Gasteiger partial charge in [-0.25, -0.2) is 0 Å². The molecule has 1 saturated carbocycles. The number of carbonyl (C=O) groups is 2. The predicted octanol–water partition coefficient (Wildman–Crippen LogP) is 1.57. The van der Waals surface area contributed by atoms with Crippen molar-refractivity contribution in [1.29, 1.82) is 0 Å². The second-order valence-corrected chi connectivity index (χ2v) is 5.16. The topological polar surface area (TPSA) is 57.6 Å². The van der Waals surface area contributed by atoms with Gasteiger partial charge >= 0.3 is 5.97 Å². The molecule has 0 radical (unpaired) electrons. The Morgan fingerprint density at radius 2 is 2.25 bits per heavy atom. The zero-order valence-electron chi connectivity index (χ0n) is 8.97. The number of aliphatic carboxylic acids is 1. The fraction of sp³-hybridized carbons (Fsp3) is 0.455. The summed E-state index contributed by atoms with van der Waals surface area (Å²) in [6.45, 7) is 0.492. The third-order valence-electron chi connectivity index (χ3n) is 2.89. The number of hydrogen-bond acceptors (Lipinski definition) is 3. The van der Waals surface area contributed by atoms with Gasteiger partial charge in [0.1, 0.15) is 5.41 Å². The maximum absolute atomic E-state index is 11.9. The van der Waals surface area contributed by atoms with Gasteiger partial charge in [0.05, 0.1) is 6.54 Å². The summed E-state index contributed by atoms with van der Waals surface area (Å²) in [5.74, 6) is -1.26. The Hall–Kier alpha value is -1.36. The van der Waals surface area contributed by atoms with Crippen LogP contribution in [-0.2, 0) is 16.1 Å². The van der Waals surface area contributed by atoms with E-state index >= 15 is 0 Å². The normalized spacial score (nSPS) is 16.8. The van der Waals surface area contributed by atoms with E-state index in [1.807, 2.05) is 17.5 Å². The molecule has 86 valence electrons. The number of nitrogens with zero attached hydrogens (tertiary/aromatic N) is 1. The highest BCUT2D eigenvalue weighted by molar-refractivity contribution is 7.09. The number of rotatable bonds is 4. The molecule has 0 bridgehead atoms. The molecule has 1 fully saturated rings. The van der Waals surface area contributed by atoms with Gasteiger partial charge in [0.25, 0.3) is 0 Å². The number of hydrogen-bond donors (Lipinski definition) is 1. The molecule has 0 unspecified atom stereocenters. The van der Waals surface area contributed by atoms with Crippen LogP contribution in [0.2, 0.25) is 0 Å². The van der Waals surface area contributed by atoms with Crippen LogP contribution in [0.25, 0.3) is 0 Å². The van der Waals surface area contributed by atoms with E-state index < -0.39 is 11.4 Å². The molecule has 0 aliphatic heterocycles. The minimum Gasteiger partial charge on any atom is -0.480 e. The molecule has 1 aromatic rings. The van der Waals surface area contributed by atoms with Crippen LogP contribution in [0, 0.1) is 5.41 Å². The number of carboxylic acid groups (broad SMARTS) is 1. The minimum atomic E-state index is -1.12. The van der Waals surface area contributed by atoms with Crippen molar-refractivity contribution >= 4 is 23.2 Å². The molecular formula is C11H13NO3S. The SMILES string of the molecule is CN(Cc1cccs1)C(=O)C1(C(=O)O)CC1. The number of carbonyl (C=O) groups excluding carboxylic acids is 1. The summed E-state index contributed by atoms with van der Waals surface area (Å²) in [4.78, 5) is 25.5. The summed E-state index contributed by atoms with van der Waals surface area (Å²) >= 11 is 1.57. The lowest BCUT2D eigenvalue weighted by atomic mass is 10.1. The Morgan fingerprint density at radius 1 is 1.56 bits per heavy atom. The van der Waals surface area contributed by atoms with Gasteiger partial charge in [-0.2, -0.15) is 0 Å². The lowest BCUT2D eigenvalue weighted by Crippen LogP contribution is -2.37. The molecule has 0 saturated heterocycles. The van der Waals surface area contributed by atoms with Crippen LogP contribution < -0.4 is 0 Å². The van der Waals surface area contributed by atoms with Gasteiger partial charge in [-0.1, -0.05) is 6.07 Å². The molecule has 5 heteroatoms. The van der Waals surface area contributed by atoms with E-state index in [4.69, 9.17) is 5.11 Å². The van der Waals surface area contributed by atoms with Crippen molar-refractivity contribution in [3.8, 4) is 0 Å². The Balaban J connectivity index is 2.03. The fourth-order valence-corrected chi connectivity index (χ4v) is 2.47. The molecule has 1 aliphatic rings. The van der Waals surface area contributed by atoms with Crippen molar-refractivity contribution in [3.05, 3.63) is 22.4 Å². The average molecular weight is 239 g/mol. The molecule has 2 rings (SSSR count). The maximum Gasteiger partial charge on any atom is 0.319 e. The van der Waals surface area contributed by atoms with Crippen LogP contribution in [0.5, 0.6) is 0 Å². The van der Waals surface area contributed by atoms with Crippen LogP contribution in [0.4, 0.5) is 0 Å². The molecule has 1 heterocycles. The lowest BCUT2D eigenvalue weighted by molar-refractivity contribution is -0.153. The van der Waals surface area contributed by atoms with E-state index in [1.54, 1.807) is 18.4 Å². The molecule has 1 aliphatic carbocycles. The Kier molecular flexibility index (Phi) is 2.71. The average Bonchev–Trinajstić information content (AvgIpc) is 2.91. The van der Waals surface area contributed by atoms with Gasteiger partial charge in [-0.15, -0.1) is 11.3 Å². The van der Waals surface area contributed by atoms with Gasteiger partial charge in [0.15, 0.2) is 0 Å². The second-order valence-electron chi connectivity index (χ2n) is 4.13. The summed E-state index contributed by atoms with van der Waals surface area (Å²) in [5, 5.41) is 10.9. The zero-order chi connectivity index (χ0) is 11.8. The van der Waals surface area contributed by atoms with E-state index in [0.29, 0.717) is 19.4 Å². The van der Waals surface area contributed by atoms with Crippen molar-refractivity contribution < 1.29 is 14.7 Å². The van der Waals surface area contributed by atoms with E-state index in [1.165, 1.54) is 4.90 Å². The highest BCUT2D eigenvalue weighted by Crippen LogP contribution is 2.47. The first-order valence-electron chi connectivity index (χ1n) is 5.07. The lowest BCUT2D eigenvalue weighted by Gasteiger charge is -2.20. The van der Waals surface area contributed by atoms with Crippen LogP contribution in [0.3, 0.4) is 0 Å². The van der Waals surface area contributed by atoms with Crippen LogP contribution in [0.1, 0.15) is 17.7 Å².